The molecule has 0 aliphatic rings. The summed E-state index contributed by atoms with van der Waals surface area (Å²) in [4.78, 5) is 15.1. The van der Waals surface area contributed by atoms with Crippen LogP contribution in [-0.2, 0) is 0 Å². The predicted molar refractivity (Wildman–Crippen MR) is 57.7 cm³/mol. The van der Waals surface area contributed by atoms with Crippen LogP contribution in [0.25, 0.3) is 0 Å². The Morgan fingerprint density at radius 1 is 1.64 bits per heavy atom. The average Bonchev–Trinajstić information content (AvgIpc) is 2.49. The Morgan fingerprint density at radius 3 is 2.71 bits per heavy atom. The van der Waals surface area contributed by atoms with Crippen molar-refractivity contribution >= 4 is 17.2 Å². The minimum absolute atomic E-state index is 0.0241. The van der Waals surface area contributed by atoms with Crippen molar-refractivity contribution in [2.24, 2.45) is 0 Å². The molecule has 0 aromatic carbocycles. The Labute approximate surface area is 88.0 Å². The number of likely N-dealkylation sites (N-methyl/N-ethyl adjacent to an activating group) is 1. The Morgan fingerprint density at radius 2 is 2.29 bits per heavy atom. The molecule has 0 aliphatic heterocycles. The van der Waals surface area contributed by atoms with Crippen LogP contribution < -0.4 is 0 Å². The maximum absolute atomic E-state index is 11.7. The number of carbonyl (C=O) groups excluding carboxylic acids is 1. The molecule has 0 aliphatic carbocycles. The molecule has 14 heavy (non-hydrogen) atoms. The summed E-state index contributed by atoms with van der Waals surface area (Å²) < 4.78 is 0. The average molecular weight is 213 g/mol. The van der Waals surface area contributed by atoms with Crippen LogP contribution >= 0.6 is 11.3 Å². The third-order valence-electron chi connectivity index (χ3n) is 1.84. The van der Waals surface area contributed by atoms with Gasteiger partial charge < -0.3 is 10.0 Å². The fraction of sp³-hybridized carbons (Fsp3) is 0.500. The van der Waals surface area contributed by atoms with E-state index in [1.54, 1.807) is 14.0 Å². The summed E-state index contributed by atoms with van der Waals surface area (Å²) in [6, 6.07) is 3.75. The molecule has 3 nitrogen and oxygen atoms in total. The Kier molecular flexibility index (Phi) is 3.66. The van der Waals surface area contributed by atoms with Gasteiger partial charge in [-0.25, -0.2) is 0 Å². The van der Waals surface area contributed by atoms with E-state index in [0.29, 0.717) is 6.54 Å². The molecular formula is C10H15NO2S. The van der Waals surface area contributed by atoms with Gasteiger partial charge in [0.2, 0.25) is 0 Å². The van der Waals surface area contributed by atoms with Gasteiger partial charge in [-0.1, -0.05) is 0 Å². The molecule has 1 heterocycles. The Balaban J connectivity index is 2.65. The molecule has 0 spiro atoms. The van der Waals surface area contributed by atoms with E-state index in [1.807, 2.05) is 19.1 Å². The van der Waals surface area contributed by atoms with E-state index >= 15 is 0 Å². The lowest BCUT2D eigenvalue weighted by molar-refractivity contribution is 0.0708. The molecule has 4 heteroatoms. The number of rotatable bonds is 3. The molecule has 0 bridgehead atoms. The van der Waals surface area contributed by atoms with Crippen molar-refractivity contribution in [2.75, 3.05) is 13.6 Å². The van der Waals surface area contributed by atoms with Gasteiger partial charge in [-0.05, 0) is 26.0 Å². The maximum atomic E-state index is 11.7. The second kappa shape index (κ2) is 4.57. The van der Waals surface area contributed by atoms with Crippen LogP contribution in [0.3, 0.4) is 0 Å². The van der Waals surface area contributed by atoms with Crippen LogP contribution in [0, 0.1) is 6.92 Å². The molecule has 78 valence electrons. The van der Waals surface area contributed by atoms with E-state index in [-0.39, 0.29) is 5.91 Å². The van der Waals surface area contributed by atoms with Crippen molar-refractivity contribution in [1.29, 1.82) is 0 Å². The highest BCUT2D eigenvalue weighted by Crippen LogP contribution is 2.16. The highest BCUT2D eigenvalue weighted by atomic mass is 32.1. The summed E-state index contributed by atoms with van der Waals surface area (Å²) in [5.74, 6) is -0.0241. The van der Waals surface area contributed by atoms with Gasteiger partial charge in [-0.2, -0.15) is 0 Å². The molecule has 0 fully saturated rings. The number of hydrogen-bond acceptors (Lipinski definition) is 3. The number of nitrogens with zero attached hydrogens (tertiary/aromatic N) is 1. The number of thiophene rings is 1. The van der Waals surface area contributed by atoms with Crippen molar-refractivity contribution in [1.82, 2.24) is 4.90 Å². The quantitative estimate of drug-likeness (QED) is 0.826. The van der Waals surface area contributed by atoms with Crippen LogP contribution in [-0.4, -0.2) is 35.6 Å². The van der Waals surface area contributed by atoms with Gasteiger partial charge in [0, 0.05) is 18.5 Å². The second-order valence-corrected chi connectivity index (χ2v) is 4.73. The van der Waals surface area contributed by atoms with E-state index in [9.17, 15) is 4.79 Å². The van der Waals surface area contributed by atoms with E-state index in [1.165, 1.54) is 16.2 Å². The van der Waals surface area contributed by atoms with E-state index in [4.69, 9.17) is 5.11 Å². The largest absolute Gasteiger partial charge is 0.392 e. The topological polar surface area (TPSA) is 40.5 Å². The zero-order chi connectivity index (χ0) is 10.7. The number of aryl methyl sites for hydroxylation is 1. The molecule has 1 aromatic rings. The summed E-state index contributed by atoms with van der Waals surface area (Å²) in [6.45, 7) is 4.01. The molecule has 0 saturated carbocycles. The third-order valence-corrected chi connectivity index (χ3v) is 2.82. The van der Waals surface area contributed by atoms with Crippen molar-refractivity contribution in [3.05, 3.63) is 21.9 Å². The second-order valence-electron chi connectivity index (χ2n) is 3.44. The molecule has 1 N–H and O–H groups in total. The first-order chi connectivity index (χ1) is 6.50. The zero-order valence-electron chi connectivity index (χ0n) is 8.65. The van der Waals surface area contributed by atoms with Gasteiger partial charge in [0.25, 0.3) is 5.91 Å². The molecule has 1 aromatic heterocycles. The Bertz CT molecular complexity index is 320. The van der Waals surface area contributed by atoms with Gasteiger partial charge in [0.05, 0.1) is 11.0 Å². The molecular weight excluding hydrogens is 198 g/mol. The van der Waals surface area contributed by atoms with Crippen molar-refractivity contribution in [3.8, 4) is 0 Å². The SMILES string of the molecule is Cc1ccc(C(=O)N(C)CC(C)O)s1. The van der Waals surface area contributed by atoms with Crippen molar-refractivity contribution < 1.29 is 9.90 Å². The van der Waals surface area contributed by atoms with Gasteiger partial charge in [-0.15, -0.1) is 11.3 Å². The first-order valence-electron chi connectivity index (χ1n) is 4.50. The van der Waals surface area contributed by atoms with Gasteiger partial charge in [0.15, 0.2) is 0 Å². The summed E-state index contributed by atoms with van der Waals surface area (Å²) in [5.41, 5.74) is 0. The normalized spacial score (nSPS) is 12.6. The molecule has 0 saturated heterocycles. The molecule has 1 amide bonds. The highest BCUT2D eigenvalue weighted by molar-refractivity contribution is 7.13. The van der Waals surface area contributed by atoms with Gasteiger partial charge >= 0.3 is 0 Å². The molecule has 0 radical (unpaired) electrons. The fourth-order valence-electron chi connectivity index (χ4n) is 1.22. The van der Waals surface area contributed by atoms with Gasteiger partial charge in [0.1, 0.15) is 0 Å². The monoisotopic (exact) mass is 213 g/mol. The minimum Gasteiger partial charge on any atom is -0.392 e. The lowest BCUT2D eigenvalue weighted by atomic mass is 10.3. The molecule has 1 unspecified atom stereocenters. The number of carbonyl (C=O) groups is 1. The number of aliphatic hydroxyl groups excluding tert-OH is 1. The van der Waals surface area contributed by atoms with Crippen molar-refractivity contribution in [2.45, 2.75) is 20.0 Å². The maximum Gasteiger partial charge on any atom is 0.263 e. The lowest BCUT2D eigenvalue weighted by Crippen LogP contribution is -2.32. The fourth-order valence-corrected chi connectivity index (χ4v) is 2.08. The standard InChI is InChI=1S/C10H15NO2S/c1-7(12)6-11(3)10(13)9-5-4-8(2)14-9/h4-5,7,12H,6H2,1-3H3. The van der Waals surface area contributed by atoms with E-state index < -0.39 is 6.10 Å². The first-order valence-corrected chi connectivity index (χ1v) is 5.32. The number of aliphatic hydroxyl groups is 1. The van der Waals surface area contributed by atoms with Gasteiger partial charge in [-0.3, -0.25) is 4.79 Å². The molecule has 1 atom stereocenters. The number of amides is 1. The number of hydrogen-bond donors (Lipinski definition) is 1. The lowest BCUT2D eigenvalue weighted by Gasteiger charge is -2.17. The van der Waals surface area contributed by atoms with E-state index in [0.717, 1.165) is 9.75 Å². The smallest absolute Gasteiger partial charge is 0.263 e. The zero-order valence-corrected chi connectivity index (χ0v) is 9.47. The minimum atomic E-state index is -0.481. The van der Waals surface area contributed by atoms with Crippen molar-refractivity contribution in [3.63, 3.8) is 0 Å². The highest BCUT2D eigenvalue weighted by Gasteiger charge is 2.14. The summed E-state index contributed by atoms with van der Waals surface area (Å²) >= 11 is 1.48. The van der Waals surface area contributed by atoms with E-state index in [2.05, 4.69) is 0 Å². The summed E-state index contributed by atoms with van der Waals surface area (Å²) in [5, 5.41) is 9.13. The first kappa shape index (κ1) is 11.2. The predicted octanol–water partition coefficient (Wildman–Crippen LogP) is 1.51. The Hall–Kier alpha value is -0.870. The van der Waals surface area contributed by atoms with Crippen LogP contribution in [0.2, 0.25) is 0 Å². The van der Waals surface area contributed by atoms with Crippen LogP contribution in [0.1, 0.15) is 21.5 Å². The summed E-state index contributed by atoms with van der Waals surface area (Å²) in [7, 11) is 1.70. The van der Waals surface area contributed by atoms with Crippen LogP contribution in [0.4, 0.5) is 0 Å². The summed E-state index contributed by atoms with van der Waals surface area (Å²) in [6.07, 6.45) is -0.481. The van der Waals surface area contributed by atoms with Crippen LogP contribution in [0.15, 0.2) is 12.1 Å². The van der Waals surface area contributed by atoms with Crippen LogP contribution in [0.5, 0.6) is 0 Å². The molecule has 1 rings (SSSR count). The third kappa shape index (κ3) is 2.82.